The van der Waals surface area contributed by atoms with Crippen LogP contribution in [0, 0.1) is 0 Å². The lowest BCUT2D eigenvalue weighted by molar-refractivity contribution is 0.0905. The minimum atomic E-state index is -0.226. The summed E-state index contributed by atoms with van der Waals surface area (Å²) in [6.07, 6.45) is 4.74. The summed E-state index contributed by atoms with van der Waals surface area (Å²) in [6.45, 7) is 2.25. The normalized spacial score (nSPS) is 28.9. The summed E-state index contributed by atoms with van der Waals surface area (Å²) in [5.74, 6) is -0.101. The van der Waals surface area contributed by atoms with Crippen LogP contribution in [0.4, 0.5) is 0 Å². The number of carbonyl (C=O) groups is 1. The molecule has 0 aliphatic carbocycles. The number of hydrogen-bond acceptors (Lipinski definition) is 5. The Labute approximate surface area is 98.9 Å². The van der Waals surface area contributed by atoms with Crippen molar-refractivity contribution in [3.05, 3.63) is 5.82 Å². The highest BCUT2D eigenvalue weighted by Crippen LogP contribution is 2.27. The topological polar surface area (TPSA) is 86.8 Å². The zero-order chi connectivity index (χ0) is 11.7. The lowest BCUT2D eigenvalue weighted by atomic mass is 9.99. The van der Waals surface area contributed by atoms with E-state index in [9.17, 15) is 4.79 Å². The molecule has 2 unspecified atom stereocenters. The van der Waals surface area contributed by atoms with Gasteiger partial charge in [-0.2, -0.15) is 5.21 Å². The van der Waals surface area contributed by atoms with Gasteiger partial charge in [0.15, 0.2) is 0 Å². The Bertz CT molecular complexity index is 392. The van der Waals surface area contributed by atoms with Gasteiger partial charge in [0, 0.05) is 18.6 Å². The van der Waals surface area contributed by atoms with Crippen LogP contribution < -0.4 is 5.32 Å². The predicted octanol–water partition coefficient (Wildman–Crippen LogP) is -0.444. The number of amides is 1. The largest absolute Gasteiger partial charge is 0.345 e. The molecule has 2 saturated heterocycles. The summed E-state index contributed by atoms with van der Waals surface area (Å²) < 4.78 is 0. The van der Waals surface area contributed by atoms with Crippen molar-refractivity contribution >= 4 is 5.91 Å². The monoisotopic (exact) mass is 236 g/mol. The van der Waals surface area contributed by atoms with Crippen molar-refractivity contribution in [1.29, 1.82) is 0 Å². The van der Waals surface area contributed by atoms with Gasteiger partial charge < -0.3 is 5.32 Å². The van der Waals surface area contributed by atoms with Gasteiger partial charge in [-0.25, -0.2) is 0 Å². The zero-order valence-electron chi connectivity index (χ0n) is 9.59. The highest BCUT2D eigenvalue weighted by atomic mass is 16.2. The smallest absolute Gasteiger partial charge is 0.293 e. The second-order valence-corrected chi connectivity index (χ2v) is 4.70. The fourth-order valence-electron chi connectivity index (χ4n) is 2.91. The van der Waals surface area contributed by atoms with E-state index in [0.717, 1.165) is 13.0 Å². The first-order chi connectivity index (χ1) is 8.34. The van der Waals surface area contributed by atoms with Crippen molar-refractivity contribution < 1.29 is 4.79 Å². The summed E-state index contributed by atoms with van der Waals surface area (Å²) in [6, 6.07) is 0.737. The third-order valence-corrected chi connectivity index (χ3v) is 3.72. The van der Waals surface area contributed by atoms with Gasteiger partial charge in [0.25, 0.3) is 11.7 Å². The van der Waals surface area contributed by atoms with Crippen LogP contribution >= 0.6 is 0 Å². The first-order valence-corrected chi connectivity index (χ1v) is 6.13. The molecule has 1 aromatic rings. The summed E-state index contributed by atoms with van der Waals surface area (Å²) in [7, 11) is 0. The van der Waals surface area contributed by atoms with E-state index in [1.165, 1.54) is 25.8 Å². The minimum Gasteiger partial charge on any atom is -0.345 e. The molecule has 0 bridgehead atoms. The predicted molar refractivity (Wildman–Crippen MR) is 59.3 cm³/mol. The molecule has 92 valence electrons. The van der Waals surface area contributed by atoms with Crippen molar-refractivity contribution in [3.8, 4) is 0 Å². The van der Waals surface area contributed by atoms with E-state index in [-0.39, 0.29) is 17.8 Å². The van der Waals surface area contributed by atoms with Crippen LogP contribution in [-0.2, 0) is 0 Å². The van der Waals surface area contributed by atoms with Gasteiger partial charge in [-0.15, -0.1) is 10.2 Å². The molecule has 3 rings (SSSR count). The molecular formula is C10H16N6O. The van der Waals surface area contributed by atoms with Gasteiger partial charge in [-0.1, -0.05) is 6.42 Å². The molecule has 0 saturated carbocycles. The molecule has 0 spiro atoms. The van der Waals surface area contributed by atoms with Gasteiger partial charge in [-0.3, -0.25) is 9.69 Å². The van der Waals surface area contributed by atoms with Crippen LogP contribution in [0.5, 0.6) is 0 Å². The molecule has 2 fully saturated rings. The number of nitrogens with one attached hydrogen (secondary N) is 2. The molecule has 7 heteroatoms. The average molecular weight is 236 g/mol. The Kier molecular flexibility index (Phi) is 2.76. The van der Waals surface area contributed by atoms with Crippen molar-refractivity contribution in [2.45, 2.75) is 37.8 Å². The van der Waals surface area contributed by atoms with Gasteiger partial charge in [0.05, 0.1) is 0 Å². The Morgan fingerprint density at radius 1 is 1.35 bits per heavy atom. The molecule has 3 heterocycles. The first-order valence-electron chi connectivity index (χ1n) is 6.13. The van der Waals surface area contributed by atoms with Gasteiger partial charge in [0.1, 0.15) is 0 Å². The second-order valence-electron chi connectivity index (χ2n) is 4.70. The first kappa shape index (κ1) is 10.6. The third-order valence-electron chi connectivity index (χ3n) is 3.72. The fourth-order valence-corrected chi connectivity index (χ4v) is 2.91. The maximum atomic E-state index is 11.8. The lowest BCUT2D eigenvalue weighted by Crippen LogP contribution is -2.47. The number of fused-ring (bicyclic) bond motifs is 1. The van der Waals surface area contributed by atoms with Crippen molar-refractivity contribution in [3.63, 3.8) is 0 Å². The summed E-state index contributed by atoms with van der Waals surface area (Å²) in [5.41, 5.74) is 0. The fraction of sp³-hybridized carbons (Fsp3) is 0.800. The van der Waals surface area contributed by atoms with Crippen LogP contribution in [0.2, 0.25) is 0 Å². The van der Waals surface area contributed by atoms with E-state index in [1.807, 2.05) is 0 Å². The van der Waals surface area contributed by atoms with Crippen LogP contribution in [0.25, 0.3) is 0 Å². The molecule has 1 amide bonds. The quantitative estimate of drug-likeness (QED) is 0.726. The number of H-pyrrole nitrogens is 1. The molecule has 0 radical (unpaired) electrons. The van der Waals surface area contributed by atoms with Crippen molar-refractivity contribution in [2.24, 2.45) is 0 Å². The standard InChI is InChI=1S/C10H16N6O/c17-10(9-12-14-15-13-9)11-7-4-6-16-5-2-1-3-8(7)16/h7-8H,1-6H2,(H,11,17)(H,12,13,14,15). The molecule has 2 aliphatic rings. The molecule has 2 N–H and O–H groups in total. The van der Waals surface area contributed by atoms with E-state index in [2.05, 4.69) is 30.8 Å². The van der Waals surface area contributed by atoms with Gasteiger partial charge >= 0.3 is 0 Å². The second kappa shape index (κ2) is 4.40. The van der Waals surface area contributed by atoms with E-state index in [1.54, 1.807) is 0 Å². The maximum absolute atomic E-state index is 11.8. The third kappa shape index (κ3) is 2.02. The van der Waals surface area contributed by atoms with Crippen LogP contribution in [0.3, 0.4) is 0 Å². The number of rotatable bonds is 2. The van der Waals surface area contributed by atoms with Crippen LogP contribution in [0.1, 0.15) is 36.3 Å². The highest BCUT2D eigenvalue weighted by molar-refractivity contribution is 5.90. The summed E-state index contributed by atoms with van der Waals surface area (Å²) >= 11 is 0. The average Bonchev–Trinajstić information content (AvgIpc) is 2.98. The van der Waals surface area contributed by atoms with E-state index < -0.39 is 0 Å². The molecule has 2 aliphatic heterocycles. The number of nitrogens with zero attached hydrogens (tertiary/aromatic N) is 4. The Balaban J connectivity index is 1.64. The van der Waals surface area contributed by atoms with E-state index in [0.29, 0.717) is 6.04 Å². The molecule has 2 atom stereocenters. The van der Waals surface area contributed by atoms with Gasteiger partial charge in [0.2, 0.25) is 0 Å². The zero-order valence-corrected chi connectivity index (χ0v) is 9.59. The Morgan fingerprint density at radius 3 is 3.12 bits per heavy atom. The molecule has 0 aromatic carbocycles. The minimum absolute atomic E-state index is 0.124. The Morgan fingerprint density at radius 2 is 2.29 bits per heavy atom. The van der Waals surface area contributed by atoms with Crippen molar-refractivity contribution in [1.82, 2.24) is 30.8 Å². The van der Waals surface area contributed by atoms with Gasteiger partial charge in [-0.05, 0) is 31.0 Å². The number of carbonyl (C=O) groups excluding carboxylic acids is 1. The molecular weight excluding hydrogens is 220 g/mol. The summed E-state index contributed by atoms with van der Waals surface area (Å²) in [4.78, 5) is 14.3. The van der Waals surface area contributed by atoms with Crippen LogP contribution in [0.15, 0.2) is 0 Å². The maximum Gasteiger partial charge on any atom is 0.293 e. The highest BCUT2D eigenvalue weighted by Gasteiger charge is 2.36. The van der Waals surface area contributed by atoms with Crippen molar-refractivity contribution in [2.75, 3.05) is 13.1 Å². The molecule has 1 aromatic heterocycles. The number of hydrogen-bond donors (Lipinski definition) is 2. The number of piperidine rings is 1. The molecule has 7 nitrogen and oxygen atoms in total. The number of aromatic nitrogens is 4. The Hall–Kier alpha value is -1.50. The van der Waals surface area contributed by atoms with Crippen LogP contribution in [-0.4, -0.2) is 56.6 Å². The number of tetrazole rings is 1. The van der Waals surface area contributed by atoms with E-state index in [4.69, 9.17) is 0 Å². The van der Waals surface area contributed by atoms with E-state index >= 15 is 0 Å². The number of aromatic amines is 1. The SMILES string of the molecule is O=C(NC1CCN2CCCCC12)c1nn[nH]n1. The lowest BCUT2D eigenvalue weighted by Gasteiger charge is -2.32. The molecule has 17 heavy (non-hydrogen) atoms. The summed E-state index contributed by atoms with van der Waals surface area (Å²) in [5, 5.41) is 16.1.